The Kier molecular flexibility index (Phi) is 7.85. The van der Waals surface area contributed by atoms with Gasteiger partial charge in [0, 0.05) is 18.3 Å². The lowest BCUT2D eigenvalue weighted by molar-refractivity contribution is -0.116. The molecule has 0 saturated heterocycles. The molecule has 4 rings (SSSR count). The van der Waals surface area contributed by atoms with Crippen LogP contribution in [0.4, 0.5) is 5.00 Å². The lowest BCUT2D eigenvalue weighted by Gasteiger charge is -2.21. The summed E-state index contributed by atoms with van der Waals surface area (Å²) >= 11 is 1.07. The number of aromatic nitrogens is 2. The van der Waals surface area contributed by atoms with Crippen LogP contribution in [0.3, 0.4) is 0 Å². The molecule has 0 unspecified atom stereocenters. The number of imidazole rings is 1. The Morgan fingerprint density at radius 2 is 1.91 bits per heavy atom. The summed E-state index contributed by atoms with van der Waals surface area (Å²) in [5, 5.41) is 3.16. The Morgan fingerprint density at radius 3 is 2.66 bits per heavy atom. The summed E-state index contributed by atoms with van der Waals surface area (Å²) < 4.78 is 12.9. The minimum Gasteiger partial charge on any atom is -0.462 e. The van der Waals surface area contributed by atoms with Crippen LogP contribution in [0.15, 0.2) is 24.4 Å². The monoisotopic (exact) mass is 497 g/mol. The van der Waals surface area contributed by atoms with E-state index in [4.69, 9.17) is 9.47 Å². The van der Waals surface area contributed by atoms with E-state index in [0.717, 1.165) is 60.5 Å². The van der Waals surface area contributed by atoms with Crippen molar-refractivity contribution in [2.45, 2.75) is 71.8 Å². The maximum absolute atomic E-state index is 12.9. The summed E-state index contributed by atoms with van der Waals surface area (Å²) in [6, 6.07) is 5.77. The minimum atomic E-state index is -0.564. The van der Waals surface area contributed by atoms with Crippen LogP contribution in [0.5, 0.6) is 0 Å². The van der Waals surface area contributed by atoms with E-state index in [-0.39, 0.29) is 30.6 Å². The van der Waals surface area contributed by atoms with Gasteiger partial charge in [-0.1, -0.05) is 12.5 Å². The number of amides is 1. The van der Waals surface area contributed by atoms with Crippen molar-refractivity contribution in [2.75, 3.05) is 11.9 Å². The second kappa shape index (κ2) is 11.0. The van der Waals surface area contributed by atoms with Gasteiger partial charge in [-0.05, 0) is 70.6 Å². The Morgan fingerprint density at radius 1 is 1.14 bits per heavy atom. The highest BCUT2D eigenvalue weighted by Gasteiger charge is 2.29. The predicted molar refractivity (Wildman–Crippen MR) is 134 cm³/mol. The van der Waals surface area contributed by atoms with Crippen molar-refractivity contribution in [1.29, 1.82) is 0 Å². The molecule has 0 bridgehead atoms. The Hall–Kier alpha value is -3.20. The first kappa shape index (κ1) is 24.9. The van der Waals surface area contributed by atoms with Gasteiger partial charge in [0.1, 0.15) is 21.6 Å². The molecule has 0 aliphatic heterocycles. The van der Waals surface area contributed by atoms with Crippen molar-refractivity contribution in [3.8, 4) is 0 Å². The van der Waals surface area contributed by atoms with Gasteiger partial charge in [-0.3, -0.25) is 4.79 Å². The van der Waals surface area contributed by atoms with Crippen molar-refractivity contribution in [3.63, 3.8) is 0 Å². The first-order valence-electron chi connectivity index (χ1n) is 12.1. The molecule has 1 aliphatic carbocycles. The molecular formula is C26H31N3O5S. The molecule has 1 saturated carbocycles. The Bertz CT molecular complexity index is 1240. The highest BCUT2D eigenvalue weighted by atomic mass is 32.1. The van der Waals surface area contributed by atoms with Crippen molar-refractivity contribution < 1.29 is 23.9 Å². The zero-order valence-corrected chi connectivity index (χ0v) is 21.2. The fourth-order valence-corrected chi connectivity index (χ4v) is 5.61. The normalized spacial score (nSPS) is 14.1. The second-order valence-corrected chi connectivity index (χ2v) is 9.79. The number of anilines is 1. The van der Waals surface area contributed by atoms with Crippen molar-refractivity contribution in [2.24, 2.45) is 0 Å². The molecule has 0 aromatic carbocycles. The second-order valence-electron chi connectivity index (χ2n) is 8.77. The minimum absolute atomic E-state index is 0.101. The number of esters is 2. The summed E-state index contributed by atoms with van der Waals surface area (Å²) in [6.45, 7) is 5.52. The van der Waals surface area contributed by atoms with Gasteiger partial charge in [0.2, 0.25) is 5.91 Å². The molecule has 1 N–H and O–H groups in total. The molecule has 9 heteroatoms. The number of nitrogens with zero attached hydrogens (tertiary/aromatic N) is 2. The smallest absolute Gasteiger partial charge is 0.348 e. The van der Waals surface area contributed by atoms with Crippen LogP contribution in [-0.4, -0.2) is 39.9 Å². The number of carbonyl (C=O) groups is 3. The Balaban J connectivity index is 1.51. The van der Waals surface area contributed by atoms with Crippen molar-refractivity contribution >= 4 is 39.8 Å². The molecule has 3 aromatic rings. The summed E-state index contributed by atoms with van der Waals surface area (Å²) in [5.41, 5.74) is 3.35. The molecule has 8 nitrogen and oxygen atoms in total. The largest absolute Gasteiger partial charge is 0.462 e. The molecule has 1 amide bonds. The van der Waals surface area contributed by atoms with Crippen LogP contribution in [0.2, 0.25) is 0 Å². The van der Waals surface area contributed by atoms with Gasteiger partial charge in [-0.15, -0.1) is 11.3 Å². The number of nitrogens with one attached hydrogen (secondary N) is 1. The van der Waals surface area contributed by atoms with Crippen LogP contribution in [0.25, 0.3) is 5.65 Å². The number of ether oxygens (including phenoxy) is 2. The Labute approximate surface area is 208 Å². The van der Waals surface area contributed by atoms with E-state index in [2.05, 4.69) is 10.3 Å². The molecule has 1 aliphatic rings. The van der Waals surface area contributed by atoms with E-state index in [9.17, 15) is 14.4 Å². The van der Waals surface area contributed by atoms with E-state index < -0.39 is 11.9 Å². The van der Waals surface area contributed by atoms with E-state index in [1.54, 1.807) is 13.8 Å². The van der Waals surface area contributed by atoms with Gasteiger partial charge in [-0.25, -0.2) is 14.6 Å². The SMILES string of the molecule is CCOC(=O)c1c(NC(=O)CCc2c(C)nc3ccccn23)sc(C(=O)OC2CCCCC2)c1C. The van der Waals surface area contributed by atoms with Gasteiger partial charge in [0.05, 0.1) is 17.9 Å². The van der Waals surface area contributed by atoms with Crippen molar-refractivity contribution in [3.05, 3.63) is 51.8 Å². The van der Waals surface area contributed by atoms with Gasteiger partial charge in [0.15, 0.2) is 0 Å². The van der Waals surface area contributed by atoms with Crippen LogP contribution < -0.4 is 5.32 Å². The molecule has 1 fully saturated rings. The highest BCUT2D eigenvalue weighted by molar-refractivity contribution is 7.18. The zero-order valence-electron chi connectivity index (χ0n) is 20.4. The number of rotatable bonds is 8. The van der Waals surface area contributed by atoms with Gasteiger partial charge in [0.25, 0.3) is 0 Å². The highest BCUT2D eigenvalue weighted by Crippen LogP contribution is 2.35. The summed E-state index contributed by atoms with van der Waals surface area (Å²) in [7, 11) is 0. The maximum Gasteiger partial charge on any atom is 0.348 e. The lowest BCUT2D eigenvalue weighted by atomic mass is 9.98. The van der Waals surface area contributed by atoms with Crippen LogP contribution in [-0.2, 0) is 20.7 Å². The van der Waals surface area contributed by atoms with E-state index in [0.29, 0.717) is 21.9 Å². The van der Waals surface area contributed by atoms with Gasteiger partial charge in [-0.2, -0.15) is 0 Å². The number of carbonyl (C=O) groups excluding carboxylic acids is 3. The predicted octanol–water partition coefficient (Wildman–Crippen LogP) is 5.25. The van der Waals surface area contributed by atoms with E-state index in [1.165, 1.54) is 0 Å². The standard InChI is InChI=1S/C26H31N3O5S/c1-4-33-25(31)22-16(2)23(26(32)34-18-10-6-5-7-11-18)35-24(22)28-21(30)14-13-19-17(3)27-20-12-8-9-15-29(19)20/h8-9,12,15,18H,4-7,10-11,13-14H2,1-3H3,(H,28,30). The number of pyridine rings is 1. The molecule has 0 spiro atoms. The molecule has 0 radical (unpaired) electrons. The molecule has 0 atom stereocenters. The topological polar surface area (TPSA) is 99.0 Å². The van der Waals surface area contributed by atoms with Crippen LogP contribution in [0.1, 0.15) is 82.4 Å². The molecule has 35 heavy (non-hydrogen) atoms. The average Bonchev–Trinajstić information content (AvgIpc) is 3.34. The van der Waals surface area contributed by atoms with Crippen LogP contribution >= 0.6 is 11.3 Å². The fourth-order valence-electron chi connectivity index (χ4n) is 4.52. The number of hydrogen-bond acceptors (Lipinski definition) is 7. The van der Waals surface area contributed by atoms with Gasteiger partial charge < -0.3 is 19.2 Å². The average molecular weight is 498 g/mol. The molecule has 3 aromatic heterocycles. The third kappa shape index (κ3) is 5.56. The van der Waals surface area contributed by atoms with Gasteiger partial charge >= 0.3 is 11.9 Å². The number of hydrogen-bond donors (Lipinski definition) is 1. The quantitative estimate of drug-likeness (QED) is 0.427. The third-order valence-corrected chi connectivity index (χ3v) is 7.50. The van der Waals surface area contributed by atoms with Crippen LogP contribution in [0, 0.1) is 13.8 Å². The summed E-state index contributed by atoms with van der Waals surface area (Å²) in [4.78, 5) is 43.4. The van der Waals surface area contributed by atoms with Crippen molar-refractivity contribution in [1.82, 2.24) is 9.38 Å². The van der Waals surface area contributed by atoms with E-state index in [1.807, 2.05) is 35.7 Å². The zero-order chi connectivity index (χ0) is 24.9. The molecule has 3 heterocycles. The summed E-state index contributed by atoms with van der Waals surface area (Å²) in [5.74, 6) is -1.27. The number of aryl methyl sites for hydroxylation is 2. The third-order valence-electron chi connectivity index (χ3n) is 6.31. The maximum atomic E-state index is 12.9. The van der Waals surface area contributed by atoms with E-state index >= 15 is 0 Å². The number of fused-ring (bicyclic) bond motifs is 1. The summed E-state index contributed by atoms with van der Waals surface area (Å²) in [6.07, 6.45) is 7.46. The fraction of sp³-hybridized carbons (Fsp3) is 0.462. The number of thiophene rings is 1. The molecular weight excluding hydrogens is 466 g/mol. The molecule has 186 valence electrons. The first-order valence-corrected chi connectivity index (χ1v) is 12.9. The first-order chi connectivity index (χ1) is 16.9. The lowest BCUT2D eigenvalue weighted by Crippen LogP contribution is -2.21.